The van der Waals surface area contributed by atoms with Crippen LogP contribution in [0.25, 0.3) is 20.8 Å². The van der Waals surface area contributed by atoms with Gasteiger partial charge in [0.1, 0.15) is 5.01 Å². The lowest BCUT2D eigenvalue weighted by Crippen LogP contribution is -2.17. The molecule has 0 radical (unpaired) electrons. The summed E-state index contributed by atoms with van der Waals surface area (Å²) in [6.45, 7) is 5.84. The summed E-state index contributed by atoms with van der Waals surface area (Å²) in [6.07, 6.45) is 0. The lowest BCUT2D eigenvalue weighted by molar-refractivity contribution is -0.118. The van der Waals surface area contributed by atoms with Crippen molar-refractivity contribution in [3.8, 4) is 10.6 Å². The Kier molecular flexibility index (Phi) is 3.94. The third kappa shape index (κ3) is 3.02. The van der Waals surface area contributed by atoms with Crippen LogP contribution in [0.15, 0.2) is 42.5 Å². The Morgan fingerprint density at radius 2 is 1.86 bits per heavy atom. The van der Waals surface area contributed by atoms with Gasteiger partial charge in [-0.15, -0.1) is 11.3 Å². The number of hydrogen-bond donors (Lipinski definition) is 1. The van der Waals surface area contributed by atoms with E-state index in [9.17, 15) is 4.79 Å². The van der Waals surface area contributed by atoms with Gasteiger partial charge < -0.3 is 5.32 Å². The van der Waals surface area contributed by atoms with E-state index in [1.54, 1.807) is 11.3 Å². The van der Waals surface area contributed by atoms with Crippen molar-refractivity contribution in [1.82, 2.24) is 4.98 Å². The van der Waals surface area contributed by atoms with E-state index in [0.717, 1.165) is 26.5 Å². The standard InChI is InChI=1S/C18H18N2OS/c1-11(2)17(21)19-14-8-9-16-15(10-14)20-18(22-16)13-6-4-12(3)5-7-13/h4-11H,1-3H3,(H,19,21). The van der Waals surface area contributed by atoms with Crippen LogP contribution in [0.3, 0.4) is 0 Å². The van der Waals surface area contributed by atoms with Crippen LogP contribution in [-0.2, 0) is 4.79 Å². The quantitative estimate of drug-likeness (QED) is 0.750. The molecule has 0 spiro atoms. The molecule has 1 amide bonds. The van der Waals surface area contributed by atoms with Gasteiger partial charge in [-0.2, -0.15) is 0 Å². The summed E-state index contributed by atoms with van der Waals surface area (Å²) >= 11 is 1.67. The smallest absolute Gasteiger partial charge is 0.226 e. The van der Waals surface area contributed by atoms with Crippen LogP contribution in [0.5, 0.6) is 0 Å². The Balaban J connectivity index is 1.93. The number of fused-ring (bicyclic) bond motifs is 1. The average molecular weight is 310 g/mol. The Labute approximate surface area is 134 Å². The second-order valence-corrected chi connectivity index (χ2v) is 6.74. The summed E-state index contributed by atoms with van der Waals surface area (Å²) in [7, 11) is 0. The van der Waals surface area contributed by atoms with Crippen molar-refractivity contribution >= 4 is 33.1 Å². The fourth-order valence-electron chi connectivity index (χ4n) is 2.11. The topological polar surface area (TPSA) is 42.0 Å². The summed E-state index contributed by atoms with van der Waals surface area (Å²) in [4.78, 5) is 16.5. The molecule has 0 saturated carbocycles. The number of hydrogen-bond acceptors (Lipinski definition) is 3. The molecule has 0 saturated heterocycles. The van der Waals surface area contributed by atoms with Crippen molar-refractivity contribution in [3.63, 3.8) is 0 Å². The van der Waals surface area contributed by atoms with E-state index >= 15 is 0 Å². The molecular formula is C18H18N2OS. The molecule has 2 aromatic carbocycles. The van der Waals surface area contributed by atoms with Crippen LogP contribution in [0.2, 0.25) is 0 Å². The summed E-state index contributed by atoms with van der Waals surface area (Å²) in [5, 5.41) is 3.92. The van der Waals surface area contributed by atoms with E-state index in [2.05, 4.69) is 36.5 Å². The highest BCUT2D eigenvalue weighted by Gasteiger charge is 2.10. The van der Waals surface area contributed by atoms with Gasteiger partial charge in [-0.1, -0.05) is 43.7 Å². The first-order valence-electron chi connectivity index (χ1n) is 7.31. The molecule has 0 unspecified atom stereocenters. The van der Waals surface area contributed by atoms with Gasteiger partial charge in [-0.25, -0.2) is 4.98 Å². The fourth-order valence-corrected chi connectivity index (χ4v) is 3.06. The minimum absolute atomic E-state index is 0.0216. The Bertz CT molecular complexity index is 819. The molecular weight excluding hydrogens is 292 g/mol. The molecule has 0 aliphatic rings. The number of amides is 1. The number of nitrogens with one attached hydrogen (secondary N) is 1. The SMILES string of the molecule is Cc1ccc(-c2nc3cc(NC(=O)C(C)C)ccc3s2)cc1. The summed E-state index contributed by atoms with van der Waals surface area (Å²) in [6, 6.07) is 14.2. The van der Waals surface area contributed by atoms with Crippen LogP contribution in [-0.4, -0.2) is 10.9 Å². The lowest BCUT2D eigenvalue weighted by Gasteiger charge is -2.06. The first-order chi connectivity index (χ1) is 10.5. The van der Waals surface area contributed by atoms with Gasteiger partial charge >= 0.3 is 0 Å². The first kappa shape index (κ1) is 14.7. The number of thiazole rings is 1. The van der Waals surface area contributed by atoms with Gasteiger partial charge in [0.05, 0.1) is 10.2 Å². The van der Waals surface area contributed by atoms with E-state index in [-0.39, 0.29) is 11.8 Å². The number of aryl methyl sites for hydroxylation is 1. The highest BCUT2D eigenvalue weighted by molar-refractivity contribution is 7.21. The summed E-state index contributed by atoms with van der Waals surface area (Å²) in [5.74, 6) is -0.0115. The van der Waals surface area contributed by atoms with E-state index in [1.807, 2.05) is 32.0 Å². The number of carbonyl (C=O) groups is 1. The number of aromatic nitrogens is 1. The van der Waals surface area contributed by atoms with Gasteiger partial charge in [0, 0.05) is 17.2 Å². The lowest BCUT2D eigenvalue weighted by atomic mass is 10.2. The molecule has 0 fully saturated rings. The van der Waals surface area contributed by atoms with E-state index in [0.29, 0.717) is 0 Å². The molecule has 0 atom stereocenters. The van der Waals surface area contributed by atoms with Gasteiger partial charge in [0.25, 0.3) is 0 Å². The predicted molar refractivity (Wildman–Crippen MR) is 93.3 cm³/mol. The highest BCUT2D eigenvalue weighted by Crippen LogP contribution is 2.31. The molecule has 3 rings (SSSR count). The second-order valence-electron chi connectivity index (χ2n) is 5.71. The van der Waals surface area contributed by atoms with Crippen molar-refractivity contribution < 1.29 is 4.79 Å². The number of anilines is 1. The normalized spacial score (nSPS) is 11.1. The van der Waals surface area contributed by atoms with Gasteiger partial charge in [-0.05, 0) is 25.1 Å². The molecule has 4 heteroatoms. The maximum atomic E-state index is 11.8. The average Bonchev–Trinajstić information content (AvgIpc) is 2.91. The Morgan fingerprint density at radius 3 is 2.55 bits per heavy atom. The highest BCUT2D eigenvalue weighted by atomic mass is 32.1. The Hall–Kier alpha value is -2.20. The van der Waals surface area contributed by atoms with Crippen molar-refractivity contribution in [2.45, 2.75) is 20.8 Å². The largest absolute Gasteiger partial charge is 0.326 e. The maximum Gasteiger partial charge on any atom is 0.226 e. The molecule has 3 nitrogen and oxygen atoms in total. The summed E-state index contributed by atoms with van der Waals surface area (Å²) < 4.78 is 1.12. The zero-order valence-corrected chi connectivity index (χ0v) is 13.7. The number of carbonyl (C=O) groups excluding carboxylic acids is 1. The molecule has 22 heavy (non-hydrogen) atoms. The van der Waals surface area contributed by atoms with Gasteiger partial charge in [0.15, 0.2) is 0 Å². The molecule has 0 bridgehead atoms. The van der Waals surface area contributed by atoms with Crippen molar-refractivity contribution in [3.05, 3.63) is 48.0 Å². The number of benzene rings is 2. The van der Waals surface area contributed by atoms with Crippen molar-refractivity contribution in [2.75, 3.05) is 5.32 Å². The minimum Gasteiger partial charge on any atom is -0.326 e. The van der Waals surface area contributed by atoms with Gasteiger partial charge in [0.2, 0.25) is 5.91 Å². The molecule has 1 aromatic heterocycles. The third-order valence-electron chi connectivity index (χ3n) is 3.48. The number of nitrogens with zero attached hydrogens (tertiary/aromatic N) is 1. The van der Waals surface area contributed by atoms with Crippen LogP contribution in [0.1, 0.15) is 19.4 Å². The van der Waals surface area contributed by atoms with E-state index in [4.69, 9.17) is 4.98 Å². The Morgan fingerprint density at radius 1 is 1.14 bits per heavy atom. The van der Waals surface area contributed by atoms with Crippen LogP contribution in [0.4, 0.5) is 5.69 Å². The number of rotatable bonds is 3. The molecule has 112 valence electrons. The van der Waals surface area contributed by atoms with Gasteiger partial charge in [-0.3, -0.25) is 4.79 Å². The van der Waals surface area contributed by atoms with Crippen LogP contribution in [0, 0.1) is 12.8 Å². The minimum atomic E-state index is -0.0331. The molecule has 0 aliphatic carbocycles. The fraction of sp³-hybridized carbons (Fsp3) is 0.222. The second kappa shape index (κ2) is 5.89. The van der Waals surface area contributed by atoms with E-state index < -0.39 is 0 Å². The molecule has 0 aliphatic heterocycles. The van der Waals surface area contributed by atoms with E-state index in [1.165, 1.54) is 5.56 Å². The maximum absolute atomic E-state index is 11.8. The summed E-state index contributed by atoms with van der Waals surface area (Å²) in [5.41, 5.74) is 4.08. The predicted octanol–water partition coefficient (Wildman–Crippen LogP) is 4.87. The van der Waals surface area contributed by atoms with Crippen molar-refractivity contribution in [1.29, 1.82) is 0 Å². The van der Waals surface area contributed by atoms with Crippen LogP contribution < -0.4 is 5.32 Å². The third-order valence-corrected chi connectivity index (χ3v) is 4.56. The monoisotopic (exact) mass is 310 g/mol. The van der Waals surface area contributed by atoms with Crippen LogP contribution >= 0.6 is 11.3 Å². The first-order valence-corrected chi connectivity index (χ1v) is 8.13. The molecule has 1 heterocycles. The zero-order chi connectivity index (χ0) is 15.7. The molecule has 1 N–H and O–H groups in total. The molecule has 3 aromatic rings. The van der Waals surface area contributed by atoms with Crippen molar-refractivity contribution in [2.24, 2.45) is 5.92 Å². The zero-order valence-electron chi connectivity index (χ0n) is 12.9.